The SMILES string of the molecule is Cc1cc2c3c(c1)N(c1ccc(C(C)(C)C)cc1)c1cc4c(cc1B3c1cc(C(C)(C)C)ccc1B2c1cc(-c2cc3ccccc3o2)cc(-c2cc3ccccc3o2)c1)OCCO4. The number of hydrogen-bond acceptors (Lipinski definition) is 5. The Morgan fingerprint density at radius 1 is 0.484 bits per heavy atom. The predicted molar refractivity (Wildman–Crippen MR) is 267 cm³/mol. The second-order valence-corrected chi connectivity index (χ2v) is 20.1. The van der Waals surface area contributed by atoms with Gasteiger partial charge in [0.05, 0.1) is 0 Å². The van der Waals surface area contributed by atoms with Crippen LogP contribution in [0.3, 0.4) is 0 Å². The van der Waals surface area contributed by atoms with Crippen LogP contribution < -0.4 is 47.2 Å². The Balaban J connectivity index is 1.15. The van der Waals surface area contributed by atoms with Gasteiger partial charge in [-0.15, -0.1) is 0 Å². The molecule has 0 atom stereocenters. The molecule has 7 aromatic carbocycles. The lowest BCUT2D eigenvalue weighted by atomic mass is 9.20. The predicted octanol–water partition coefficient (Wildman–Crippen LogP) is 10.3. The Morgan fingerprint density at radius 3 is 1.69 bits per heavy atom. The molecule has 0 spiro atoms. The van der Waals surface area contributed by atoms with E-state index in [0.29, 0.717) is 13.2 Å². The summed E-state index contributed by atoms with van der Waals surface area (Å²) in [7, 11) is 0. The molecule has 5 nitrogen and oxygen atoms in total. The molecule has 64 heavy (non-hydrogen) atoms. The van der Waals surface area contributed by atoms with Crippen LogP contribution in [0.2, 0.25) is 0 Å². The molecular weight excluding hydrogens is 784 g/mol. The number of anilines is 3. The normalized spacial score (nSPS) is 14.2. The van der Waals surface area contributed by atoms with E-state index in [1.807, 2.05) is 24.3 Å². The Labute approximate surface area is 375 Å². The van der Waals surface area contributed by atoms with Crippen molar-refractivity contribution in [3.8, 4) is 34.1 Å². The minimum atomic E-state index is -0.106. The zero-order valence-electron chi connectivity index (χ0n) is 37.5. The van der Waals surface area contributed by atoms with Gasteiger partial charge in [0.1, 0.15) is 35.9 Å². The first-order valence-corrected chi connectivity index (χ1v) is 22.6. The van der Waals surface area contributed by atoms with Crippen molar-refractivity contribution in [3.63, 3.8) is 0 Å². The number of rotatable bonds is 4. The van der Waals surface area contributed by atoms with Gasteiger partial charge in [0.25, 0.3) is 0 Å². The van der Waals surface area contributed by atoms with E-state index in [1.165, 1.54) is 55.2 Å². The molecule has 0 amide bonds. The fraction of sp³-hybridized carbons (Fsp3) is 0.193. The third-order valence-corrected chi connectivity index (χ3v) is 13.7. The summed E-state index contributed by atoms with van der Waals surface area (Å²) in [5, 5.41) is 2.15. The number of para-hydroxylation sites is 2. The molecule has 5 heterocycles. The molecule has 0 saturated heterocycles. The summed E-state index contributed by atoms with van der Waals surface area (Å²) < 4.78 is 26.0. The van der Waals surface area contributed by atoms with Crippen molar-refractivity contribution >= 4 is 85.2 Å². The average Bonchev–Trinajstić information content (AvgIpc) is 3.93. The van der Waals surface area contributed by atoms with Gasteiger partial charge in [0, 0.05) is 45.0 Å². The maximum Gasteiger partial charge on any atom is 0.245 e. The van der Waals surface area contributed by atoms with Crippen LogP contribution in [0.4, 0.5) is 17.1 Å². The molecule has 0 unspecified atom stereocenters. The van der Waals surface area contributed by atoms with Crippen LogP contribution in [-0.4, -0.2) is 26.6 Å². The van der Waals surface area contributed by atoms with Crippen molar-refractivity contribution in [2.75, 3.05) is 18.1 Å². The van der Waals surface area contributed by atoms with Crippen LogP contribution in [0.15, 0.2) is 154 Å². The van der Waals surface area contributed by atoms with Crippen LogP contribution in [-0.2, 0) is 10.8 Å². The monoisotopic (exact) mass is 833 g/mol. The van der Waals surface area contributed by atoms with Crippen molar-refractivity contribution < 1.29 is 18.3 Å². The first-order valence-electron chi connectivity index (χ1n) is 22.6. The number of benzene rings is 7. The molecule has 0 N–H and O–H groups in total. The smallest absolute Gasteiger partial charge is 0.245 e. The fourth-order valence-corrected chi connectivity index (χ4v) is 10.5. The van der Waals surface area contributed by atoms with E-state index in [-0.39, 0.29) is 24.3 Å². The van der Waals surface area contributed by atoms with Crippen molar-refractivity contribution in [2.24, 2.45) is 0 Å². The van der Waals surface area contributed by atoms with E-state index in [0.717, 1.165) is 67.5 Å². The van der Waals surface area contributed by atoms with E-state index in [4.69, 9.17) is 18.3 Å². The van der Waals surface area contributed by atoms with Gasteiger partial charge < -0.3 is 23.2 Å². The van der Waals surface area contributed by atoms with E-state index >= 15 is 0 Å². The summed E-state index contributed by atoms with van der Waals surface area (Å²) in [6.45, 7) is 16.9. The van der Waals surface area contributed by atoms with Gasteiger partial charge in [0.2, 0.25) is 13.4 Å². The maximum atomic E-state index is 6.64. The first-order chi connectivity index (χ1) is 30.9. The maximum absolute atomic E-state index is 6.64. The second-order valence-electron chi connectivity index (χ2n) is 20.1. The number of nitrogens with zero attached hydrogens (tertiary/aromatic N) is 1. The van der Waals surface area contributed by atoms with E-state index in [1.54, 1.807) is 0 Å². The number of aryl methyl sites for hydroxylation is 1. The van der Waals surface area contributed by atoms with E-state index in [9.17, 15) is 0 Å². The van der Waals surface area contributed by atoms with Crippen molar-refractivity contribution in [1.29, 1.82) is 0 Å². The van der Waals surface area contributed by atoms with Gasteiger partial charge in [-0.3, -0.25) is 0 Å². The number of fused-ring (bicyclic) bond motifs is 7. The number of ether oxygens (including phenoxy) is 2. The Hall–Kier alpha value is -6.85. The second kappa shape index (κ2) is 14.1. The Bertz CT molecular complexity index is 3190. The van der Waals surface area contributed by atoms with Crippen molar-refractivity contribution in [2.45, 2.75) is 59.3 Å². The number of furan rings is 2. The summed E-state index contributed by atoms with van der Waals surface area (Å²) in [5.41, 5.74) is 18.6. The van der Waals surface area contributed by atoms with Gasteiger partial charge in [-0.25, -0.2) is 0 Å². The standard InChI is InChI=1S/C57H49B2NO4/c1-34-24-46-55-48(25-34)60(42-19-16-39(17-20-42)56(2,3)4)47-33-54-53(61-22-23-62-54)32-45(47)59(55)44-31-40(57(5,6)7)18-21-43(44)58(46)41-27-37(51-29-35-12-8-10-14-49(35)63-51)26-38(28-41)52-30-36-13-9-11-15-50(36)64-52/h8-21,24-33H,22-23H2,1-7H3. The minimum absolute atomic E-state index is 0.0238. The number of hydrogen-bond donors (Lipinski definition) is 0. The summed E-state index contributed by atoms with van der Waals surface area (Å²) in [6, 6.07) is 53.5. The van der Waals surface area contributed by atoms with Gasteiger partial charge in [0.15, 0.2) is 11.5 Å². The molecular formula is C57H49B2NO4. The fourth-order valence-electron chi connectivity index (χ4n) is 10.5. The Morgan fingerprint density at radius 2 is 1.08 bits per heavy atom. The summed E-state index contributed by atoms with van der Waals surface area (Å²) in [5.74, 6) is 3.24. The first kappa shape index (κ1) is 38.8. The molecule has 7 heteroatoms. The highest BCUT2D eigenvalue weighted by Crippen LogP contribution is 2.43. The molecule has 3 aliphatic heterocycles. The molecule has 12 rings (SSSR count). The molecule has 0 bridgehead atoms. The van der Waals surface area contributed by atoms with Crippen molar-refractivity contribution in [3.05, 3.63) is 162 Å². The summed E-state index contributed by atoms with van der Waals surface area (Å²) in [4.78, 5) is 2.47. The summed E-state index contributed by atoms with van der Waals surface area (Å²) >= 11 is 0. The largest absolute Gasteiger partial charge is 0.486 e. The molecule has 312 valence electrons. The topological polar surface area (TPSA) is 48.0 Å². The van der Waals surface area contributed by atoms with Crippen LogP contribution >= 0.6 is 0 Å². The van der Waals surface area contributed by atoms with Gasteiger partial charge >= 0.3 is 0 Å². The van der Waals surface area contributed by atoms with Gasteiger partial charge in [-0.05, 0) is 100.0 Å². The zero-order valence-corrected chi connectivity index (χ0v) is 37.5. The molecule has 0 fully saturated rings. The van der Waals surface area contributed by atoms with Crippen LogP contribution in [0.5, 0.6) is 11.5 Å². The molecule has 0 radical (unpaired) electrons. The molecule has 9 aromatic rings. The summed E-state index contributed by atoms with van der Waals surface area (Å²) in [6.07, 6.45) is 0. The van der Waals surface area contributed by atoms with Crippen molar-refractivity contribution in [1.82, 2.24) is 0 Å². The quantitative estimate of drug-likeness (QED) is 0.165. The van der Waals surface area contributed by atoms with E-state index in [2.05, 4.69) is 175 Å². The molecule has 3 aliphatic rings. The molecule has 0 aliphatic carbocycles. The minimum Gasteiger partial charge on any atom is -0.486 e. The molecule has 0 saturated carbocycles. The van der Waals surface area contributed by atoms with Gasteiger partial charge in [-0.1, -0.05) is 148 Å². The lowest BCUT2D eigenvalue weighted by Gasteiger charge is -2.43. The highest BCUT2D eigenvalue weighted by molar-refractivity contribution is 7.12. The third kappa shape index (κ3) is 6.23. The third-order valence-electron chi connectivity index (χ3n) is 13.7. The highest BCUT2D eigenvalue weighted by Gasteiger charge is 2.46. The van der Waals surface area contributed by atoms with Crippen LogP contribution in [0.1, 0.15) is 58.2 Å². The highest BCUT2D eigenvalue weighted by atomic mass is 16.6. The molecule has 2 aromatic heterocycles. The van der Waals surface area contributed by atoms with Crippen LogP contribution in [0, 0.1) is 6.92 Å². The Kier molecular flexibility index (Phi) is 8.53. The van der Waals surface area contributed by atoms with E-state index < -0.39 is 0 Å². The lowest BCUT2D eigenvalue weighted by molar-refractivity contribution is 0.172. The van der Waals surface area contributed by atoms with Crippen LogP contribution in [0.25, 0.3) is 44.6 Å². The van der Waals surface area contributed by atoms with Gasteiger partial charge in [-0.2, -0.15) is 0 Å². The lowest BCUT2D eigenvalue weighted by Crippen LogP contribution is -2.76. The zero-order chi connectivity index (χ0) is 43.6. The average molecular weight is 834 g/mol.